The number of nitrogens with one attached hydrogen (secondary N) is 1. The van der Waals surface area contributed by atoms with Crippen LogP contribution in [0.4, 0.5) is 0 Å². The Bertz CT molecular complexity index is 613. The third-order valence-electron chi connectivity index (χ3n) is 3.70. The van der Waals surface area contributed by atoms with Crippen molar-refractivity contribution in [2.24, 2.45) is 0 Å². The van der Waals surface area contributed by atoms with Crippen molar-refractivity contribution in [2.75, 3.05) is 20.3 Å². The molecule has 0 heterocycles. The number of benzene rings is 2. The second kappa shape index (κ2) is 8.83. The van der Waals surface area contributed by atoms with Crippen molar-refractivity contribution in [1.82, 2.24) is 5.32 Å². The van der Waals surface area contributed by atoms with E-state index < -0.39 is 0 Å². The van der Waals surface area contributed by atoms with Crippen LogP contribution in [0.3, 0.4) is 0 Å². The highest BCUT2D eigenvalue weighted by molar-refractivity contribution is 5.77. The normalized spacial score (nSPS) is 11.6. The van der Waals surface area contributed by atoms with Crippen molar-refractivity contribution in [2.45, 2.75) is 19.3 Å². The number of hydrogen-bond donors (Lipinski definition) is 1. The molecule has 0 fully saturated rings. The predicted molar refractivity (Wildman–Crippen MR) is 91.0 cm³/mol. The van der Waals surface area contributed by atoms with Crippen LogP contribution in [-0.4, -0.2) is 26.2 Å². The van der Waals surface area contributed by atoms with Crippen molar-refractivity contribution >= 4 is 5.91 Å². The predicted octanol–water partition coefficient (Wildman–Crippen LogP) is 3.38. The molecule has 0 spiro atoms. The number of methoxy groups -OCH3 is 1. The smallest absolute Gasteiger partial charge is 0.257 e. The van der Waals surface area contributed by atoms with Crippen LogP contribution in [0.25, 0.3) is 0 Å². The molecule has 2 rings (SSSR count). The molecule has 0 radical (unpaired) electrons. The second-order valence-electron chi connectivity index (χ2n) is 5.39. The van der Waals surface area contributed by atoms with E-state index in [1.807, 2.05) is 30.3 Å². The number of amides is 1. The zero-order valence-corrected chi connectivity index (χ0v) is 13.6. The van der Waals surface area contributed by atoms with E-state index in [1.165, 1.54) is 5.56 Å². The zero-order chi connectivity index (χ0) is 16.5. The minimum atomic E-state index is -0.129. The molecule has 2 aromatic carbocycles. The van der Waals surface area contributed by atoms with Gasteiger partial charge in [0.15, 0.2) is 18.1 Å². The van der Waals surface area contributed by atoms with Gasteiger partial charge in [0.05, 0.1) is 7.11 Å². The van der Waals surface area contributed by atoms with Gasteiger partial charge in [-0.25, -0.2) is 0 Å². The second-order valence-corrected chi connectivity index (χ2v) is 5.39. The van der Waals surface area contributed by atoms with E-state index in [-0.39, 0.29) is 12.5 Å². The zero-order valence-electron chi connectivity index (χ0n) is 13.6. The molecule has 4 nitrogen and oxygen atoms in total. The molecular formula is C19H23NO3. The molecule has 0 aliphatic rings. The first-order valence-corrected chi connectivity index (χ1v) is 7.78. The fourth-order valence-electron chi connectivity index (χ4n) is 2.31. The van der Waals surface area contributed by atoms with E-state index in [0.717, 1.165) is 6.42 Å². The molecule has 2 aromatic rings. The summed E-state index contributed by atoms with van der Waals surface area (Å²) in [5.41, 5.74) is 1.28. The molecule has 0 saturated carbocycles. The van der Waals surface area contributed by atoms with Gasteiger partial charge in [-0.2, -0.15) is 0 Å². The van der Waals surface area contributed by atoms with Crippen molar-refractivity contribution in [3.63, 3.8) is 0 Å². The Balaban J connectivity index is 1.71. The number of carbonyl (C=O) groups is 1. The molecule has 0 saturated heterocycles. The molecule has 0 bridgehead atoms. The Morgan fingerprint density at radius 3 is 2.39 bits per heavy atom. The van der Waals surface area contributed by atoms with Crippen molar-refractivity contribution in [3.05, 3.63) is 60.2 Å². The summed E-state index contributed by atoms with van der Waals surface area (Å²) in [5, 5.41) is 2.89. The van der Waals surface area contributed by atoms with Gasteiger partial charge in [-0.05, 0) is 30.0 Å². The van der Waals surface area contributed by atoms with Crippen molar-refractivity contribution in [1.29, 1.82) is 0 Å². The Hall–Kier alpha value is -2.49. The van der Waals surface area contributed by atoms with Crippen LogP contribution in [0.15, 0.2) is 54.6 Å². The van der Waals surface area contributed by atoms with Crippen LogP contribution in [0.1, 0.15) is 24.8 Å². The highest BCUT2D eigenvalue weighted by atomic mass is 16.5. The average molecular weight is 313 g/mol. The number of ether oxygens (including phenoxy) is 2. The van der Waals surface area contributed by atoms with Crippen molar-refractivity contribution in [3.8, 4) is 11.5 Å². The largest absolute Gasteiger partial charge is 0.493 e. The summed E-state index contributed by atoms with van der Waals surface area (Å²) in [4.78, 5) is 11.9. The molecule has 1 atom stereocenters. The summed E-state index contributed by atoms with van der Waals surface area (Å²) in [5.74, 6) is 1.48. The first kappa shape index (κ1) is 16.9. The topological polar surface area (TPSA) is 47.6 Å². The Kier molecular flexibility index (Phi) is 6.48. The Morgan fingerprint density at radius 1 is 1.04 bits per heavy atom. The van der Waals surface area contributed by atoms with E-state index in [1.54, 1.807) is 19.2 Å². The maximum absolute atomic E-state index is 11.9. The fraction of sp³-hybridized carbons (Fsp3) is 0.316. The first-order chi connectivity index (χ1) is 11.2. The maximum Gasteiger partial charge on any atom is 0.257 e. The molecule has 4 heteroatoms. The van der Waals surface area contributed by atoms with E-state index in [4.69, 9.17) is 9.47 Å². The highest BCUT2D eigenvalue weighted by Gasteiger charge is 2.08. The van der Waals surface area contributed by atoms with E-state index in [9.17, 15) is 4.79 Å². The molecule has 0 aliphatic carbocycles. The summed E-state index contributed by atoms with van der Waals surface area (Å²) in [7, 11) is 1.58. The van der Waals surface area contributed by atoms with Crippen LogP contribution < -0.4 is 14.8 Å². The molecule has 1 unspecified atom stereocenters. The van der Waals surface area contributed by atoms with Crippen LogP contribution in [0, 0.1) is 0 Å². The molecule has 0 aliphatic heterocycles. The lowest BCUT2D eigenvalue weighted by Crippen LogP contribution is -2.30. The Labute approximate surface area is 137 Å². The summed E-state index contributed by atoms with van der Waals surface area (Å²) >= 11 is 0. The van der Waals surface area contributed by atoms with Gasteiger partial charge in [-0.1, -0.05) is 49.4 Å². The molecule has 0 aromatic heterocycles. The number of para-hydroxylation sites is 2. The van der Waals surface area contributed by atoms with Gasteiger partial charge in [0.1, 0.15) is 0 Å². The van der Waals surface area contributed by atoms with Crippen LogP contribution in [0.5, 0.6) is 11.5 Å². The minimum Gasteiger partial charge on any atom is -0.493 e. The average Bonchev–Trinajstić information content (AvgIpc) is 2.60. The lowest BCUT2D eigenvalue weighted by molar-refractivity contribution is -0.123. The van der Waals surface area contributed by atoms with Crippen molar-refractivity contribution < 1.29 is 14.3 Å². The lowest BCUT2D eigenvalue weighted by atomic mass is 9.98. The third-order valence-corrected chi connectivity index (χ3v) is 3.70. The van der Waals surface area contributed by atoms with E-state index >= 15 is 0 Å². The van der Waals surface area contributed by atoms with Crippen LogP contribution in [0.2, 0.25) is 0 Å². The Morgan fingerprint density at radius 2 is 1.70 bits per heavy atom. The summed E-state index contributed by atoms with van der Waals surface area (Å²) in [6.07, 6.45) is 0.893. The number of carbonyl (C=O) groups excluding carboxylic acids is 1. The quantitative estimate of drug-likeness (QED) is 0.812. The first-order valence-electron chi connectivity index (χ1n) is 7.78. The summed E-state index contributed by atoms with van der Waals surface area (Å²) in [6.45, 7) is 2.77. The van der Waals surface area contributed by atoms with Crippen LogP contribution >= 0.6 is 0 Å². The lowest BCUT2D eigenvalue weighted by Gasteiger charge is -2.13. The van der Waals surface area contributed by atoms with Gasteiger partial charge in [-0.15, -0.1) is 0 Å². The van der Waals surface area contributed by atoms with Gasteiger partial charge in [-0.3, -0.25) is 4.79 Å². The van der Waals surface area contributed by atoms with Gasteiger partial charge < -0.3 is 14.8 Å². The highest BCUT2D eigenvalue weighted by Crippen LogP contribution is 2.25. The molecule has 1 N–H and O–H groups in total. The summed E-state index contributed by atoms with van der Waals surface area (Å²) in [6, 6.07) is 17.6. The van der Waals surface area contributed by atoms with Gasteiger partial charge in [0.2, 0.25) is 0 Å². The molecule has 1 amide bonds. The number of hydrogen-bond acceptors (Lipinski definition) is 3. The van der Waals surface area contributed by atoms with E-state index in [2.05, 4.69) is 24.4 Å². The maximum atomic E-state index is 11.9. The van der Waals surface area contributed by atoms with Gasteiger partial charge in [0, 0.05) is 6.54 Å². The monoisotopic (exact) mass is 313 g/mol. The molecular weight excluding hydrogens is 290 g/mol. The third kappa shape index (κ3) is 5.33. The standard InChI is InChI=1S/C19H23NO3/c1-15(16-8-4-3-5-9-16)12-13-20-19(21)14-23-18-11-7-6-10-17(18)22-2/h3-11,15H,12-14H2,1-2H3,(H,20,21). The summed E-state index contributed by atoms with van der Waals surface area (Å²) < 4.78 is 10.7. The minimum absolute atomic E-state index is 0.0138. The van der Waals surface area contributed by atoms with Crippen LogP contribution in [-0.2, 0) is 4.79 Å². The van der Waals surface area contributed by atoms with Gasteiger partial charge in [0.25, 0.3) is 5.91 Å². The number of rotatable bonds is 8. The van der Waals surface area contributed by atoms with E-state index in [0.29, 0.717) is 24.0 Å². The molecule has 122 valence electrons. The fourth-order valence-corrected chi connectivity index (χ4v) is 2.31. The van der Waals surface area contributed by atoms with Gasteiger partial charge >= 0.3 is 0 Å². The molecule has 23 heavy (non-hydrogen) atoms. The SMILES string of the molecule is COc1ccccc1OCC(=O)NCCC(C)c1ccccc1.